The molecule has 14 heavy (non-hydrogen) atoms. The average Bonchev–Trinajstić information content (AvgIpc) is 2.16. The van der Waals surface area contributed by atoms with Gasteiger partial charge in [0.2, 0.25) is 0 Å². The maximum atomic E-state index is 6.02. The lowest BCUT2D eigenvalue weighted by molar-refractivity contribution is 1.23. The zero-order valence-corrected chi connectivity index (χ0v) is 11.3. The first-order valence-electron chi connectivity index (χ1n) is 4.10. The number of fused-ring (bicyclic) bond motifs is 1. The van der Waals surface area contributed by atoms with E-state index in [1.54, 1.807) is 0 Å². The number of aromatic nitrogens is 1. The van der Waals surface area contributed by atoms with Gasteiger partial charge in [-0.1, -0.05) is 15.9 Å². The Labute approximate surface area is 104 Å². The molecule has 72 valence electrons. The predicted molar refractivity (Wildman–Crippen MR) is 71.3 cm³/mol. The van der Waals surface area contributed by atoms with E-state index >= 15 is 0 Å². The first kappa shape index (κ1) is 10.2. The number of benzene rings is 1. The van der Waals surface area contributed by atoms with Crippen LogP contribution >= 0.6 is 38.5 Å². The van der Waals surface area contributed by atoms with Crippen molar-refractivity contribution in [3.8, 4) is 0 Å². The van der Waals surface area contributed by atoms with Crippen LogP contribution in [-0.2, 0) is 0 Å². The molecule has 0 fully saturated rings. The molecule has 2 rings (SSSR count). The van der Waals surface area contributed by atoms with E-state index in [1.807, 2.05) is 25.1 Å². The zero-order chi connectivity index (χ0) is 10.3. The fourth-order valence-corrected chi connectivity index (χ4v) is 2.14. The molecule has 0 amide bonds. The first-order valence-corrected chi connectivity index (χ1v) is 5.97. The maximum absolute atomic E-state index is 6.02. The molecule has 0 spiro atoms. The molecule has 0 bridgehead atoms. The standard InChI is InChI=1S/C10H8BrIN2/c1-5-9(12)10(13)7-4-6(11)2-3-8(7)14-5/h2-4H,1H3,(H2,13,14). The van der Waals surface area contributed by atoms with E-state index in [9.17, 15) is 0 Å². The van der Waals surface area contributed by atoms with E-state index in [-0.39, 0.29) is 0 Å². The first-order chi connectivity index (χ1) is 6.59. The normalized spacial score (nSPS) is 10.8. The van der Waals surface area contributed by atoms with Gasteiger partial charge in [0.15, 0.2) is 0 Å². The van der Waals surface area contributed by atoms with E-state index in [0.717, 1.165) is 30.3 Å². The Balaban J connectivity index is 2.92. The molecular formula is C10H8BrIN2. The second kappa shape index (κ2) is 3.66. The molecule has 0 saturated carbocycles. The molecule has 0 unspecified atom stereocenters. The number of aryl methyl sites for hydroxylation is 1. The summed E-state index contributed by atoms with van der Waals surface area (Å²) in [5.74, 6) is 0. The predicted octanol–water partition coefficient (Wildman–Crippen LogP) is 3.49. The highest BCUT2D eigenvalue weighted by molar-refractivity contribution is 14.1. The lowest BCUT2D eigenvalue weighted by Gasteiger charge is -2.07. The van der Waals surface area contributed by atoms with Crippen LogP contribution in [0.4, 0.5) is 5.69 Å². The number of pyridine rings is 1. The highest BCUT2D eigenvalue weighted by Crippen LogP contribution is 2.28. The van der Waals surface area contributed by atoms with Crippen molar-refractivity contribution in [2.75, 3.05) is 5.73 Å². The van der Waals surface area contributed by atoms with Gasteiger partial charge in [0.05, 0.1) is 20.5 Å². The van der Waals surface area contributed by atoms with Crippen LogP contribution < -0.4 is 5.73 Å². The van der Waals surface area contributed by atoms with E-state index < -0.39 is 0 Å². The quantitative estimate of drug-likeness (QED) is 0.728. The van der Waals surface area contributed by atoms with Gasteiger partial charge < -0.3 is 5.73 Å². The van der Waals surface area contributed by atoms with Crippen LogP contribution in [0.3, 0.4) is 0 Å². The monoisotopic (exact) mass is 362 g/mol. The summed E-state index contributed by atoms with van der Waals surface area (Å²) in [6.45, 7) is 1.97. The number of hydrogen-bond acceptors (Lipinski definition) is 2. The van der Waals surface area contributed by atoms with Gasteiger partial charge in [0.25, 0.3) is 0 Å². The fourth-order valence-electron chi connectivity index (χ4n) is 1.36. The molecule has 0 saturated heterocycles. The summed E-state index contributed by atoms with van der Waals surface area (Å²) in [5, 5.41) is 1.01. The molecule has 2 aromatic rings. The average molecular weight is 363 g/mol. The van der Waals surface area contributed by atoms with Crippen LogP contribution in [0, 0.1) is 10.5 Å². The molecule has 4 heteroatoms. The van der Waals surface area contributed by atoms with Crippen LogP contribution in [0.5, 0.6) is 0 Å². The van der Waals surface area contributed by atoms with Crippen LogP contribution in [0.25, 0.3) is 10.9 Å². The van der Waals surface area contributed by atoms with Gasteiger partial charge in [-0.2, -0.15) is 0 Å². The van der Waals surface area contributed by atoms with E-state index in [1.165, 1.54) is 0 Å². The second-order valence-electron chi connectivity index (χ2n) is 3.09. The lowest BCUT2D eigenvalue weighted by Crippen LogP contribution is -1.97. The number of nitrogens with zero attached hydrogens (tertiary/aromatic N) is 1. The summed E-state index contributed by atoms with van der Waals surface area (Å²) >= 11 is 5.65. The Morgan fingerprint density at radius 1 is 1.43 bits per heavy atom. The van der Waals surface area contributed by atoms with Crippen molar-refractivity contribution in [3.63, 3.8) is 0 Å². The third kappa shape index (κ3) is 1.61. The van der Waals surface area contributed by atoms with E-state index in [0.29, 0.717) is 0 Å². The van der Waals surface area contributed by atoms with Crippen LogP contribution in [0.1, 0.15) is 5.69 Å². The van der Waals surface area contributed by atoms with Gasteiger partial charge in [-0.3, -0.25) is 4.98 Å². The topological polar surface area (TPSA) is 38.9 Å². The summed E-state index contributed by atoms with van der Waals surface area (Å²) in [5.41, 5.74) is 8.77. The van der Waals surface area contributed by atoms with Crippen molar-refractivity contribution in [2.45, 2.75) is 6.92 Å². The molecule has 2 nitrogen and oxygen atoms in total. The Hall–Kier alpha value is -0.360. The number of halogens is 2. The van der Waals surface area contributed by atoms with Crippen molar-refractivity contribution in [2.24, 2.45) is 0 Å². The molecule has 0 radical (unpaired) electrons. The largest absolute Gasteiger partial charge is 0.397 e. The Morgan fingerprint density at radius 2 is 2.14 bits per heavy atom. The van der Waals surface area contributed by atoms with Gasteiger partial charge in [0, 0.05) is 9.86 Å². The minimum Gasteiger partial charge on any atom is -0.397 e. The Kier molecular flexibility index (Phi) is 2.66. The SMILES string of the molecule is Cc1nc2ccc(Br)cc2c(N)c1I. The maximum Gasteiger partial charge on any atom is 0.0727 e. The van der Waals surface area contributed by atoms with Crippen LogP contribution in [0.2, 0.25) is 0 Å². The number of rotatable bonds is 0. The molecule has 0 aliphatic carbocycles. The molecular weight excluding hydrogens is 355 g/mol. The lowest BCUT2D eigenvalue weighted by atomic mass is 10.2. The summed E-state index contributed by atoms with van der Waals surface area (Å²) in [6.07, 6.45) is 0. The molecule has 1 aromatic heterocycles. The molecule has 1 heterocycles. The van der Waals surface area contributed by atoms with Crippen LogP contribution in [-0.4, -0.2) is 4.98 Å². The van der Waals surface area contributed by atoms with Crippen molar-refractivity contribution in [3.05, 3.63) is 31.9 Å². The molecule has 0 aliphatic heterocycles. The number of hydrogen-bond donors (Lipinski definition) is 1. The molecule has 0 aliphatic rings. The van der Waals surface area contributed by atoms with Crippen LogP contribution in [0.15, 0.2) is 22.7 Å². The highest BCUT2D eigenvalue weighted by atomic mass is 127. The van der Waals surface area contributed by atoms with Gasteiger partial charge in [0.1, 0.15) is 0 Å². The van der Waals surface area contributed by atoms with Crippen molar-refractivity contribution in [1.82, 2.24) is 4.98 Å². The van der Waals surface area contributed by atoms with Gasteiger partial charge in [-0.05, 0) is 47.7 Å². The number of nitrogens with two attached hydrogens (primary N) is 1. The third-order valence-electron chi connectivity index (χ3n) is 2.09. The number of anilines is 1. The summed E-state index contributed by atoms with van der Waals surface area (Å²) in [7, 11) is 0. The molecule has 2 N–H and O–H groups in total. The fraction of sp³-hybridized carbons (Fsp3) is 0.100. The Bertz CT molecular complexity index is 511. The molecule has 1 aromatic carbocycles. The molecule has 0 atom stereocenters. The van der Waals surface area contributed by atoms with Gasteiger partial charge in [-0.15, -0.1) is 0 Å². The Morgan fingerprint density at radius 3 is 2.86 bits per heavy atom. The minimum atomic E-state index is 0.814. The van der Waals surface area contributed by atoms with Crippen molar-refractivity contribution >= 4 is 55.1 Å². The highest BCUT2D eigenvalue weighted by Gasteiger charge is 2.07. The van der Waals surface area contributed by atoms with Crippen molar-refractivity contribution in [1.29, 1.82) is 0 Å². The van der Waals surface area contributed by atoms with E-state index in [2.05, 4.69) is 43.5 Å². The summed E-state index contributed by atoms with van der Waals surface area (Å²) in [6, 6.07) is 5.94. The summed E-state index contributed by atoms with van der Waals surface area (Å²) in [4.78, 5) is 4.47. The van der Waals surface area contributed by atoms with Gasteiger partial charge in [-0.25, -0.2) is 0 Å². The summed E-state index contributed by atoms with van der Waals surface area (Å²) < 4.78 is 2.06. The second-order valence-corrected chi connectivity index (χ2v) is 5.08. The third-order valence-corrected chi connectivity index (χ3v) is 3.95. The number of nitrogen functional groups attached to an aromatic ring is 1. The van der Waals surface area contributed by atoms with E-state index in [4.69, 9.17) is 5.73 Å². The zero-order valence-electron chi connectivity index (χ0n) is 7.51. The van der Waals surface area contributed by atoms with Crippen molar-refractivity contribution < 1.29 is 0 Å². The van der Waals surface area contributed by atoms with Gasteiger partial charge >= 0.3 is 0 Å². The minimum absolute atomic E-state index is 0.814. The smallest absolute Gasteiger partial charge is 0.0727 e.